The zero-order chi connectivity index (χ0) is 18.8. The zero-order valence-electron chi connectivity index (χ0n) is 15.0. The van der Waals surface area contributed by atoms with E-state index in [4.69, 9.17) is 9.26 Å². The molecule has 0 aliphatic rings. The molecule has 0 fully saturated rings. The number of ether oxygens (including phenoxy) is 1. The number of amides is 1. The molecule has 136 valence electrons. The summed E-state index contributed by atoms with van der Waals surface area (Å²) in [6.45, 7) is 7.67. The summed E-state index contributed by atoms with van der Waals surface area (Å²) in [7, 11) is 0. The normalized spacial score (nSPS) is 10.9. The maximum absolute atomic E-state index is 12.4. The minimum atomic E-state index is -0.434. The highest BCUT2D eigenvalue weighted by Gasteiger charge is 2.19. The Morgan fingerprint density at radius 3 is 2.77 bits per heavy atom. The summed E-state index contributed by atoms with van der Waals surface area (Å²) >= 11 is 1.10. The van der Waals surface area contributed by atoms with E-state index in [9.17, 15) is 9.59 Å². The molecule has 0 saturated carbocycles. The van der Waals surface area contributed by atoms with Crippen LogP contribution in [0, 0.1) is 20.8 Å². The average Bonchev–Trinajstić information content (AvgIpc) is 3.11. The van der Waals surface area contributed by atoms with Gasteiger partial charge in [0.05, 0.1) is 18.7 Å². The molecule has 3 aromatic rings. The lowest BCUT2D eigenvalue weighted by Crippen LogP contribution is -2.14. The van der Waals surface area contributed by atoms with E-state index in [0.29, 0.717) is 27.0 Å². The highest BCUT2D eigenvalue weighted by atomic mass is 32.1. The van der Waals surface area contributed by atoms with Crippen molar-refractivity contribution in [3.8, 4) is 0 Å². The third kappa shape index (κ3) is 3.60. The van der Waals surface area contributed by atoms with E-state index in [1.165, 1.54) is 0 Å². The van der Waals surface area contributed by atoms with Crippen molar-refractivity contribution in [1.82, 2.24) is 10.1 Å². The van der Waals surface area contributed by atoms with Crippen LogP contribution in [-0.4, -0.2) is 28.6 Å². The first-order valence-electron chi connectivity index (χ1n) is 8.19. The summed E-state index contributed by atoms with van der Waals surface area (Å²) in [5, 5.41) is 7.95. The van der Waals surface area contributed by atoms with Crippen LogP contribution in [0.2, 0.25) is 0 Å². The van der Waals surface area contributed by atoms with Gasteiger partial charge in [-0.15, -0.1) is 0 Å². The summed E-state index contributed by atoms with van der Waals surface area (Å²) < 4.78 is 10.3. The number of hydrogen-bond acceptors (Lipinski definition) is 7. The second-order valence-electron chi connectivity index (χ2n) is 5.96. The maximum Gasteiger partial charge on any atom is 0.350 e. The second kappa shape index (κ2) is 7.25. The summed E-state index contributed by atoms with van der Waals surface area (Å²) in [6, 6.07) is 3.92. The number of anilines is 1. The number of esters is 1. The van der Waals surface area contributed by atoms with Crippen LogP contribution in [0.4, 0.5) is 5.13 Å². The SMILES string of the molecule is CCOC(=O)c1sc(NC(=O)Cc2noc3cc(C)cc(C)c23)nc1C. The molecule has 1 aromatic carbocycles. The van der Waals surface area contributed by atoms with Crippen molar-refractivity contribution in [2.75, 3.05) is 11.9 Å². The zero-order valence-corrected chi connectivity index (χ0v) is 15.8. The molecular weight excluding hydrogens is 354 g/mol. The molecule has 3 rings (SSSR count). The van der Waals surface area contributed by atoms with Crippen LogP contribution >= 0.6 is 11.3 Å². The van der Waals surface area contributed by atoms with Gasteiger partial charge in [-0.1, -0.05) is 22.6 Å². The third-order valence-corrected chi connectivity index (χ3v) is 4.87. The van der Waals surface area contributed by atoms with Crippen LogP contribution in [0.15, 0.2) is 16.7 Å². The van der Waals surface area contributed by atoms with Gasteiger partial charge in [-0.3, -0.25) is 4.79 Å². The van der Waals surface area contributed by atoms with Crippen LogP contribution in [-0.2, 0) is 16.0 Å². The topological polar surface area (TPSA) is 94.3 Å². The van der Waals surface area contributed by atoms with Gasteiger partial charge in [0.2, 0.25) is 5.91 Å². The van der Waals surface area contributed by atoms with Gasteiger partial charge in [0, 0.05) is 5.39 Å². The van der Waals surface area contributed by atoms with Crippen molar-refractivity contribution in [2.24, 2.45) is 0 Å². The minimum absolute atomic E-state index is 0.0598. The molecule has 0 bridgehead atoms. The Labute approximate surface area is 154 Å². The fourth-order valence-electron chi connectivity index (χ4n) is 2.79. The van der Waals surface area contributed by atoms with Crippen molar-refractivity contribution in [1.29, 1.82) is 0 Å². The summed E-state index contributed by atoms with van der Waals surface area (Å²) in [4.78, 5) is 28.8. The van der Waals surface area contributed by atoms with Gasteiger partial charge in [-0.25, -0.2) is 9.78 Å². The Morgan fingerprint density at radius 1 is 1.27 bits per heavy atom. The van der Waals surface area contributed by atoms with Crippen LogP contribution in [0.1, 0.15) is 39.1 Å². The van der Waals surface area contributed by atoms with Gasteiger partial charge >= 0.3 is 5.97 Å². The van der Waals surface area contributed by atoms with Gasteiger partial charge in [-0.2, -0.15) is 0 Å². The monoisotopic (exact) mass is 373 g/mol. The number of thiazole rings is 1. The average molecular weight is 373 g/mol. The number of carbonyl (C=O) groups excluding carboxylic acids is 2. The lowest BCUT2D eigenvalue weighted by atomic mass is 10.0. The fraction of sp³-hybridized carbons (Fsp3) is 0.333. The van der Waals surface area contributed by atoms with E-state index in [2.05, 4.69) is 15.5 Å². The number of hydrogen-bond donors (Lipinski definition) is 1. The number of fused-ring (bicyclic) bond motifs is 1. The first kappa shape index (κ1) is 18.1. The second-order valence-corrected chi connectivity index (χ2v) is 6.96. The van der Waals surface area contributed by atoms with E-state index < -0.39 is 5.97 Å². The molecule has 8 heteroatoms. The lowest BCUT2D eigenvalue weighted by molar-refractivity contribution is -0.115. The molecule has 7 nitrogen and oxygen atoms in total. The molecule has 0 aliphatic heterocycles. The minimum Gasteiger partial charge on any atom is -0.462 e. The van der Waals surface area contributed by atoms with E-state index >= 15 is 0 Å². The quantitative estimate of drug-likeness (QED) is 0.687. The Hall–Kier alpha value is -2.74. The van der Waals surface area contributed by atoms with Crippen molar-refractivity contribution in [3.63, 3.8) is 0 Å². The van der Waals surface area contributed by atoms with Crippen molar-refractivity contribution in [2.45, 2.75) is 34.1 Å². The van der Waals surface area contributed by atoms with Crippen molar-refractivity contribution in [3.05, 3.63) is 39.5 Å². The number of nitrogens with zero attached hydrogens (tertiary/aromatic N) is 2. The molecule has 1 amide bonds. The molecule has 26 heavy (non-hydrogen) atoms. The Kier molecular flexibility index (Phi) is 5.03. The number of carbonyl (C=O) groups is 2. The fourth-order valence-corrected chi connectivity index (χ4v) is 3.67. The van der Waals surface area contributed by atoms with E-state index in [1.807, 2.05) is 26.0 Å². The molecule has 0 spiro atoms. The predicted octanol–water partition coefficient (Wildman–Crippen LogP) is 3.57. The van der Waals surface area contributed by atoms with Gasteiger partial charge in [0.25, 0.3) is 0 Å². The Balaban J connectivity index is 1.76. The number of rotatable bonds is 5. The van der Waals surface area contributed by atoms with Crippen LogP contribution in [0.25, 0.3) is 11.0 Å². The first-order valence-corrected chi connectivity index (χ1v) is 9.00. The Morgan fingerprint density at radius 2 is 2.04 bits per heavy atom. The molecule has 0 unspecified atom stereocenters. The highest BCUT2D eigenvalue weighted by molar-refractivity contribution is 7.17. The number of nitrogens with one attached hydrogen (secondary N) is 1. The molecule has 2 aromatic heterocycles. The molecular formula is C18H19N3O4S. The summed E-state index contributed by atoms with van der Waals surface area (Å²) in [5.41, 5.74) is 3.86. The predicted molar refractivity (Wildman–Crippen MR) is 98.6 cm³/mol. The Bertz CT molecular complexity index is 990. The third-order valence-electron chi connectivity index (χ3n) is 3.82. The maximum atomic E-state index is 12.4. The standard InChI is InChI=1S/C18H19N3O4S/c1-5-24-17(23)16-11(4)19-18(26-16)20-14(22)8-12-15-10(3)6-9(2)7-13(15)25-21-12/h6-7H,5,8H2,1-4H3,(H,19,20,22). The van der Waals surface area contributed by atoms with Crippen molar-refractivity contribution < 1.29 is 18.8 Å². The van der Waals surface area contributed by atoms with Crippen molar-refractivity contribution >= 4 is 39.3 Å². The molecule has 1 N–H and O–H groups in total. The first-order chi connectivity index (χ1) is 12.4. The molecule has 0 atom stereocenters. The molecule has 0 radical (unpaired) electrons. The number of aryl methyl sites for hydroxylation is 3. The van der Waals surface area contributed by atoms with E-state index in [-0.39, 0.29) is 18.9 Å². The number of aromatic nitrogens is 2. The smallest absolute Gasteiger partial charge is 0.350 e. The van der Waals surface area contributed by atoms with E-state index in [0.717, 1.165) is 27.8 Å². The summed E-state index contributed by atoms with van der Waals surface area (Å²) in [6.07, 6.45) is 0.0598. The molecule has 0 aliphatic carbocycles. The molecule has 0 saturated heterocycles. The van der Waals surface area contributed by atoms with Crippen LogP contribution < -0.4 is 5.32 Å². The van der Waals surface area contributed by atoms with Gasteiger partial charge in [0.1, 0.15) is 10.6 Å². The lowest BCUT2D eigenvalue weighted by Gasteiger charge is -2.01. The van der Waals surface area contributed by atoms with Crippen LogP contribution in [0.5, 0.6) is 0 Å². The van der Waals surface area contributed by atoms with Gasteiger partial charge < -0.3 is 14.6 Å². The molecule has 2 heterocycles. The van der Waals surface area contributed by atoms with Crippen LogP contribution in [0.3, 0.4) is 0 Å². The highest BCUT2D eigenvalue weighted by Crippen LogP contribution is 2.26. The number of benzene rings is 1. The van der Waals surface area contributed by atoms with Gasteiger partial charge in [0.15, 0.2) is 10.7 Å². The van der Waals surface area contributed by atoms with E-state index in [1.54, 1.807) is 13.8 Å². The largest absolute Gasteiger partial charge is 0.462 e. The van der Waals surface area contributed by atoms with Gasteiger partial charge in [-0.05, 0) is 44.9 Å². The summed E-state index contributed by atoms with van der Waals surface area (Å²) in [5.74, 6) is -0.708.